The smallest absolute Gasteiger partial charge is 0.144 e. The van der Waals surface area contributed by atoms with E-state index in [4.69, 9.17) is 4.74 Å². The third-order valence-electron chi connectivity index (χ3n) is 4.81. The summed E-state index contributed by atoms with van der Waals surface area (Å²) in [5.74, 6) is 1.67. The molecule has 24 heavy (non-hydrogen) atoms. The van der Waals surface area contributed by atoms with E-state index < -0.39 is 0 Å². The second-order valence-corrected chi connectivity index (χ2v) is 6.43. The Balaban J connectivity index is 1.65. The Labute approximate surface area is 144 Å². The number of piperidine rings is 1. The molecule has 130 valence electrons. The quantitative estimate of drug-likeness (QED) is 0.848. The number of likely N-dealkylation sites (tertiary alicyclic amines) is 1. The fraction of sp³-hybridized carbons (Fsp3) is 0.526. The van der Waals surface area contributed by atoms with Crippen molar-refractivity contribution in [3.8, 4) is 11.4 Å². The van der Waals surface area contributed by atoms with Crippen molar-refractivity contribution >= 4 is 0 Å². The highest BCUT2D eigenvalue weighted by Crippen LogP contribution is 2.24. The van der Waals surface area contributed by atoms with Crippen molar-refractivity contribution in [2.75, 3.05) is 33.3 Å². The monoisotopic (exact) mass is 328 g/mol. The Kier molecular flexibility index (Phi) is 5.88. The summed E-state index contributed by atoms with van der Waals surface area (Å²) >= 11 is 0. The molecule has 0 spiro atoms. The number of methoxy groups -OCH3 is 1. The maximum absolute atomic E-state index is 5.48. The average molecular weight is 328 g/mol. The van der Waals surface area contributed by atoms with Gasteiger partial charge in [-0.25, -0.2) is 4.68 Å². The molecule has 0 aliphatic carbocycles. The summed E-state index contributed by atoms with van der Waals surface area (Å²) in [6, 6.07) is 10.2. The summed E-state index contributed by atoms with van der Waals surface area (Å²) in [4.78, 5) is 2.53. The zero-order chi connectivity index (χ0) is 16.8. The van der Waals surface area contributed by atoms with E-state index >= 15 is 0 Å². The molecule has 1 aromatic heterocycles. The van der Waals surface area contributed by atoms with Crippen molar-refractivity contribution in [2.24, 2.45) is 5.92 Å². The van der Waals surface area contributed by atoms with E-state index in [0.29, 0.717) is 0 Å². The summed E-state index contributed by atoms with van der Waals surface area (Å²) in [5.41, 5.74) is 2.21. The molecule has 1 N–H and O–H groups in total. The van der Waals surface area contributed by atoms with Gasteiger partial charge in [-0.3, -0.25) is 4.90 Å². The van der Waals surface area contributed by atoms with E-state index in [1.807, 2.05) is 29.1 Å². The van der Waals surface area contributed by atoms with E-state index in [2.05, 4.69) is 34.4 Å². The number of para-hydroxylation sites is 2. The first-order valence-electron chi connectivity index (χ1n) is 8.91. The number of ether oxygens (including phenoxy) is 1. The number of nitrogens with one attached hydrogen (secondary N) is 1. The second kappa shape index (κ2) is 8.31. The van der Waals surface area contributed by atoms with E-state index in [-0.39, 0.29) is 0 Å². The number of aromatic nitrogens is 2. The van der Waals surface area contributed by atoms with Crippen LogP contribution in [0.1, 0.15) is 25.5 Å². The van der Waals surface area contributed by atoms with E-state index in [1.165, 1.54) is 18.5 Å². The highest BCUT2D eigenvalue weighted by atomic mass is 16.5. The van der Waals surface area contributed by atoms with Crippen LogP contribution in [0.2, 0.25) is 0 Å². The number of nitrogens with zero attached hydrogens (tertiary/aromatic N) is 3. The number of hydrogen-bond acceptors (Lipinski definition) is 4. The van der Waals surface area contributed by atoms with Crippen LogP contribution in [0.4, 0.5) is 0 Å². The van der Waals surface area contributed by atoms with Crippen LogP contribution >= 0.6 is 0 Å². The van der Waals surface area contributed by atoms with Crippen molar-refractivity contribution < 1.29 is 4.74 Å². The Morgan fingerprint density at radius 2 is 2.00 bits per heavy atom. The third-order valence-corrected chi connectivity index (χ3v) is 4.81. The molecule has 3 rings (SSSR count). The Bertz CT molecular complexity index is 632. The lowest BCUT2D eigenvalue weighted by atomic mass is 9.96. The molecule has 0 saturated carbocycles. The fourth-order valence-corrected chi connectivity index (χ4v) is 3.40. The average Bonchev–Trinajstić information content (AvgIpc) is 3.09. The number of hydrogen-bond donors (Lipinski definition) is 1. The van der Waals surface area contributed by atoms with Gasteiger partial charge in [0.05, 0.1) is 12.8 Å². The molecule has 0 bridgehead atoms. The number of benzene rings is 1. The molecule has 1 aliphatic heterocycles. The predicted octanol–water partition coefficient (Wildman–Crippen LogP) is 2.70. The van der Waals surface area contributed by atoms with Crippen LogP contribution < -0.4 is 10.1 Å². The number of rotatable bonds is 7. The third kappa shape index (κ3) is 3.97. The van der Waals surface area contributed by atoms with Crippen LogP contribution in [-0.4, -0.2) is 48.0 Å². The first-order chi connectivity index (χ1) is 11.8. The minimum atomic E-state index is 0.820. The van der Waals surface area contributed by atoms with Gasteiger partial charge in [-0.2, -0.15) is 5.10 Å². The topological polar surface area (TPSA) is 42.3 Å². The summed E-state index contributed by atoms with van der Waals surface area (Å²) in [5, 5.41) is 7.99. The van der Waals surface area contributed by atoms with Gasteiger partial charge in [-0.05, 0) is 63.1 Å². The summed E-state index contributed by atoms with van der Waals surface area (Å²) in [6.07, 6.45) is 4.42. The van der Waals surface area contributed by atoms with Crippen LogP contribution in [-0.2, 0) is 6.54 Å². The summed E-state index contributed by atoms with van der Waals surface area (Å²) < 4.78 is 7.49. The molecule has 5 nitrogen and oxygen atoms in total. The van der Waals surface area contributed by atoms with Crippen LogP contribution in [0, 0.1) is 5.92 Å². The van der Waals surface area contributed by atoms with Gasteiger partial charge >= 0.3 is 0 Å². The first kappa shape index (κ1) is 17.0. The van der Waals surface area contributed by atoms with E-state index in [0.717, 1.165) is 50.1 Å². The first-order valence-corrected chi connectivity index (χ1v) is 8.91. The van der Waals surface area contributed by atoms with Crippen molar-refractivity contribution in [3.05, 3.63) is 42.2 Å². The molecule has 0 unspecified atom stereocenters. The van der Waals surface area contributed by atoms with Gasteiger partial charge in [0.25, 0.3) is 0 Å². The van der Waals surface area contributed by atoms with Gasteiger partial charge in [-0.15, -0.1) is 0 Å². The minimum absolute atomic E-state index is 0.820. The van der Waals surface area contributed by atoms with Crippen molar-refractivity contribution in [1.82, 2.24) is 20.0 Å². The lowest BCUT2D eigenvalue weighted by Gasteiger charge is -2.32. The predicted molar refractivity (Wildman–Crippen MR) is 96.7 cm³/mol. The summed E-state index contributed by atoms with van der Waals surface area (Å²) in [6.45, 7) is 7.66. The molecule has 5 heteroatoms. The van der Waals surface area contributed by atoms with Crippen LogP contribution in [0.3, 0.4) is 0 Å². The molecule has 2 aromatic rings. The molecule has 2 heterocycles. The molecule has 1 aliphatic rings. The molecule has 1 saturated heterocycles. The zero-order valence-corrected chi connectivity index (χ0v) is 14.7. The van der Waals surface area contributed by atoms with Gasteiger partial charge < -0.3 is 10.1 Å². The maximum atomic E-state index is 5.48. The molecule has 1 fully saturated rings. The molecule has 1 aromatic carbocycles. The normalized spacial score (nSPS) is 16.4. The largest absolute Gasteiger partial charge is 0.494 e. The standard InChI is InChI=1S/C19H28N4O/c1-3-20-14-16-9-12-22(13-10-16)15-17-8-11-21-23(17)18-6-4-5-7-19(18)24-2/h4-8,11,16,20H,3,9-10,12-15H2,1-2H3. The van der Waals surface area contributed by atoms with Crippen molar-refractivity contribution in [1.29, 1.82) is 0 Å². The Morgan fingerprint density at radius 3 is 2.75 bits per heavy atom. The second-order valence-electron chi connectivity index (χ2n) is 6.43. The minimum Gasteiger partial charge on any atom is -0.494 e. The lowest BCUT2D eigenvalue weighted by molar-refractivity contribution is 0.173. The highest BCUT2D eigenvalue weighted by Gasteiger charge is 2.20. The SMILES string of the molecule is CCNCC1CCN(Cc2ccnn2-c2ccccc2OC)CC1. The van der Waals surface area contributed by atoms with Crippen LogP contribution in [0.25, 0.3) is 5.69 Å². The van der Waals surface area contributed by atoms with Crippen molar-refractivity contribution in [3.63, 3.8) is 0 Å². The molecule has 0 atom stereocenters. The molecular weight excluding hydrogens is 300 g/mol. The Morgan fingerprint density at radius 1 is 1.21 bits per heavy atom. The molecular formula is C19H28N4O. The fourth-order valence-electron chi connectivity index (χ4n) is 3.40. The molecule has 0 amide bonds. The van der Waals surface area contributed by atoms with Crippen LogP contribution in [0.5, 0.6) is 5.75 Å². The Hall–Kier alpha value is -1.85. The maximum Gasteiger partial charge on any atom is 0.144 e. The molecule has 0 radical (unpaired) electrons. The van der Waals surface area contributed by atoms with E-state index in [1.54, 1.807) is 7.11 Å². The zero-order valence-electron chi connectivity index (χ0n) is 14.7. The van der Waals surface area contributed by atoms with Gasteiger partial charge in [-0.1, -0.05) is 19.1 Å². The van der Waals surface area contributed by atoms with Gasteiger partial charge in [0, 0.05) is 12.7 Å². The highest BCUT2D eigenvalue weighted by molar-refractivity contribution is 5.46. The van der Waals surface area contributed by atoms with Crippen LogP contribution in [0.15, 0.2) is 36.5 Å². The van der Waals surface area contributed by atoms with Gasteiger partial charge in [0.15, 0.2) is 0 Å². The van der Waals surface area contributed by atoms with E-state index in [9.17, 15) is 0 Å². The van der Waals surface area contributed by atoms with Crippen molar-refractivity contribution in [2.45, 2.75) is 26.3 Å². The lowest BCUT2D eigenvalue weighted by Crippen LogP contribution is -2.37. The van der Waals surface area contributed by atoms with Gasteiger partial charge in [0.1, 0.15) is 11.4 Å². The summed E-state index contributed by atoms with van der Waals surface area (Å²) in [7, 11) is 1.71. The van der Waals surface area contributed by atoms with Gasteiger partial charge in [0.2, 0.25) is 0 Å².